The zero-order valence-corrected chi connectivity index (χ0v) is 32.6. The molecule has 1 saturated heterocycles. The molecule has 8 rings (SSSR count). The average molecular weight is 725 g/mol. The standard InChI is InChI=1S/C37H48N10O2SSi/c1-22(27-12-10-17-45(27)5)47-35-26(20-40-47)34(46-18-14-23(43-46)21-48-51(6,7)36(2,3)4)41-33(42-35)30-24-11-8-15-37(31(24)49-44-30)16-9-13-28-29(37)25(19-38)32(39)50-28/h14,18,20,22,27H,8-13,15-17,21,39H2,1-7H3/t22-,27-,37-/m0/s1. The van der Waals surface area contributed by atoms with Crippen LogP contribution in [0.25, 0.3) is 28.4 Å². The Labute approximate surface area is 304 Å². The van der Waals surface area contributed by atoms with Crippen molar-refractivity contribution in [3.8, 4) is 23.4 Å². The normalized spacial score (nSPS) is 21.6. The van der Waals surface area contributed by atoms with Crippen LogP contribution in [0.3, 0.4) is 0 Å². The van der Waals surface area contributed by atoms with Crippen LogP contribution in [0.1, 0.15) is 105 Å². The SMILES string of the molecule is C[C@@H]([C@@H]1CCCN1C)n1ncc2c(-n3ccc(CO[Si](C)(C)C(C)(C)C)n3)nc(-c3noc4c3CCC[C@@]43CCCc4sc(N)c(C#N)c43)nc21. The molecule has 2 aliphatic carbocycles. The summed E-state index contributed by atoms with van der Waals surface area (Å²) in [6, 6.07) is 4.88. The maximum Gasteiger partial charge on any atom is 0.192 e. The lowest BCUT2D eigenvalue weighted by Crippen LogP contribution is -2.40. The van der Waals surface area contributed by atoms with Crippen LogP contribution >= 0.6 is 11.3 Å². The quantitative estimate of drug-likeness (QED) is 0.169. The predicted octanol–water partition coefficient (Wildman–Crippen LogP) is 7.32. The molecule has 0 unspecified atom stereocenters. The summed E-state index contributed by atoms with van der Waals surface area (Å²) in [6.07, 6.45) is 11.6. The fourth-order valence-electron chi connectivity index (χ4n) is 8.44. The Hall–Kier alpha value is -3.90. The van der Waals surface area contributed by atoms with Crippen molar-refractivity contribution in [1.29, 1.82) is 5.26 Å². The molecule has 14 heteroatoms. The number of nitrogens with two attached hydrogens (primary N) is 1. The second-order valence-electron chi connectivity index (χ2n) is 16.3. The van der Waals surface area contributed by atoms with E-state index in [4.69, 9.17) is 40.0 Å². The van der Waals surface area contributed by atoms with Crippen LogP contribution in [0.5, 0.6) is 0 Å². The van der Waals surface area contributed by atoms with Crippen molar-refractivity contribution in [2.75, 3.05) is 19.3 Å². The van der Waals surface area contributed by atoms with E-state index in [-0.39, 0.29) is 11.1 Å². The van der Waals surface area contributed by atoms with Crippen molar-refractivity contribution in [2.45, 2.75) is 121 Å². The van der Waals surface area contributed by atoms with Gasteiger partial charge in [-0.15, -0.1) is 11.3 Å². The van der Waals surface area contributed by atoms with E-state index in [2.05, 4.69) is 63.5 Å². The molecule has 3 aliphatic rings. The van der Waals surface area contributed by atoms with E-state index in [1.807, 2.05) is 23.1 Å². The Balaban J connectivity index is 1.25. The molecule has 5 aromatic rings. The highest BCUT2D eigenvalue weighted by molar-refractivity contribution is 7.16. The number of rotatable bonds is 7. The van der Waals surface area contributed by atoms with Gasteiger partial charge in [-0.05, 0) is 102 Å². The third kappa shape index (κ3) is 5.46. The number of thiophene rings is 1. The van der Waals surface area contributed by atoms with Gasteiger partial charge in [0.1, 0.15) is 11.1 Å². The fraction of sp³-hybridized carbons (Fsp3) is 0.568. The number of nitrogen functional groups attached to an aromatic ring is 1. The van der Waals surface area contributed by atoms with Crippen LogP contribution in [0.4, 0.5) is 5.00 Å². The Bertz CT molecular complexity index is 2160. The maximum absolute atomic E-state index is 10.2. The molecular formula is C37H48N10O2SSi. The van der Waals surface area contributed by atoms with E-state index >= 15 is 0 Å². The fourth-order valence-corrected chi connectivity index (χ4v) is 10.5. The van der Waals surface area contributed by atoms with Crippen LogP contribution < -0.4 is 5.73 Å². The van der Waals surface area contributed by atoms with Gasteiger partial charge in [0.2, 0.25) is 0 Å². The minimum Gasteiger partial charge on any atom is -0.411 e. The first-order valence-electron chi connectivity index (χ1n) is 18.3. The zero-order valence-electron chi connectivity index (χ0n) is 30.8. The number of hydrogen-bond acceptors (Lipinski definition) is 11. The molecule has 6 heterocycles. The lowest BCUT2D eigenvalue weighted by Gasteiger charge is -2.39. The molecule has 2 N–H and O–H groups in total. The van der Waals surface area contributed by atoms with Gasteiger partial charge >= 0.3 is 0 Å². The van der Waals surface area contributed by atoms with E-state index < -0.39 is 13.7 Å². The van der Waals surface area contributed by atoms with Crippen LogP contribution in [0.2, 0.25) is 18.1 Å². The first-order chi connectivity index (χ1) is 24.3. The van der Waals surface area contributed by atoms with Crippen molar-refractivity contribution < 1.29 is 8.95 Å². The predicted molar refractivity (Wildman–Crippen MR) is 200 cm³/mol. The molecule has 5 aromatic heterocycles. The Morgan fingerprint density at radius 1 is 1.20 bits per heavy atom. The number of aryl methyl sites for hydroxylation is 1. The lowest BCUT2D eigenvalue weighted by atomic mass is 9.63. The van der Waals surface area contributed by atoms with E-state index in [1.54, 1.807) is 11.3 Å². The third-order valence-electron chi connectivity index (χ3n) is 12.3. The molecule has 1 spiro atoms. The number of nitrogens with zero attached hydrogens (tertiary/aromatic N) is 9. The molecule has 51 heavy (non-hydrogen) atoms. The molecular weight excluding hydrogens is 677 g/mol. The molecule has 0 saturated carbocycles. The maximum atomic E-state index is 10.2. The van der Waals surface area contributed by atoms with E-state index in [0.29, 0.717) is 40.5 Å². The zero-order chi connectivity index (χ0) is 35.9. The lowest BCUT2D eigenvalue weighted by molar-refractivity contribution is 0.232. The van der Waals surface area contributed by atoms with Crippen LogP contribution in [-0.2, 0) is 29.3 Å². The third-order valence-corrected chi connectivity index (χ3v) is 17.8. The van der Waals surface area contributed by atoms with Gasteiger partial charge in [0.25, 0.3) is 0 Å². The van der Waals surface area contributed by atoms with Gasteiger partial charge in [-0.3, -0.25) is 0 Å². The number of likely N-dealkylation sites (N-methyl/N-ethyl adjacent to an activating group) is 1. The number of aromatic nitrogens is 7. The highest BCUT2D eigenvalue weighted by Gasteiger charge is 2.49. The van der Waals surface area contributed by atoms with Crippen molar-refractivity contribution in [3.05, 3.63) is 51.5 Å². The highest BCUT2D eigenvalue weighted by Crippen LogP contribution is 2.55. The van der Waals surface area contributed by atoms with E-state index in [0.717, 1.165) is 85.1 Å². The Morgan fingerprint density at radius 3 is 2.71 bits per heavy atom. The topological polar surface area (TPSA) is 150 Å². The van der Waals surface area contributed by atoms with Crippen molar-refractivity contribution >= 4 is 35.7 Å². The first-order valence-corrected chi connectivity index (χ1v) is 22.0. The summed E-state index contributed by atoms with van der Waals surface area (Å²) in [5, 5.41) is 26.3. The summed E-state index contributed by atoms with van der Waals surface area (Å²) < 4.78 is 16.8. The molecule has 0 amide bonds. The Kier molecular flexibility index (Phi) is 8.29. The van der Waals surface area contributed by atoms with Crippen LogP contribution in [-0.4, -0.2) is 67.5 Å². The van der Waals surface area contributed by atoms with E-state index in [1.165, 1.54) is 11.3 Å². The van der Waals surface area contributed by atoms with Gasteiger partial charge in [-0.1, -0.05) is 25.9 Å². The molecule has 0 aromatic carbocycles. The van der Waals surface area contributed by atoms with Gasteiger partial charge in [0.15, 0.2) is 37.1 Å². The van der Waals surface area contributed by atoms with E-state index in [9.17, 15) is 5.26 Å². The summed E-state index contributed by atoms with van der Waals surface area (Å²) in [5.41, 5.74) is 10.9. The number of nitriles is 1. The summed E-state index contributed by atoms with van der Waals surface area (Å²) in [5.74, 6) is 1.97. The molecule has 0 radical (unpaired) electrons. The second kappa shape index (κ2) is 12.4. The van der Waals surface area contributed by atoms with Gasteiger partial charge < -0.3 is 19.6 Å². The molecule has 12 nitrogen and oxygen atoms in total. The minimum absolute atomic E-state index is 0.0976. The molecule has 268 valence electrons. The first kappa shape index (κ1) is 34.2. The second-order valence-corrected chi connectivity index (χ2v) is 22.3. The van der Waals surface area contributed by atoms with Crippen molar-refractivity contribution in [2.24, 2.45) is 0 Å². The monoisotopic (exact) mass is 724 g/mol. The van der Waals surface area contributed by atoms with Crippen molar-refractivity contribution in [1.82, 2.24) is 39.6 Å². The van der Waals surface area contributed by atoms with Crippen LogP contribution in [0.15, 0.2) is 23.0 Å². The average Bonchev–Trinajstić information content (AvgIpc) is 3.93. The molecule has 3 atom stereocenters. The minimum atomic E-state index is -1.97. The summed E-state index contributed by atoms with van der Waals surface area (Å²) in [6.45, 7) is 15.0. The van der Waals surface area contributed by atoms with Gasteiger partial charge in [0, 0.05) is 22.7 Å². The van der Waals surface area contributed by atoms with Crippen LogP contribution in [0, 0.1) is 11.3 Å². The number of anilines is 1. The molecule has 1 fully saturated rings. The van der Waals surface area contributed by atoms with Gasteiger partial charge in [0.05, 0.1) is 40.9 Å². The summed E-state index contributed by atoms with van der Waals surface area (Å²) in [4.78, 5) is 14.0. The highest BCUT2D eigenvalue weighted by atomic mass is 32.1. The molecule has 0 bridgehead atoms. The number of fused-ring (bicyclic) bond motifs is 5. The Morgan fingerprint density at radius 2 is 1.98 bits per heavy atom. The summed E-state index contributed by atoms with van der Waals surface area (Å²) in [7, 11) is 0.222. The number of likely N-dealkylation sites (tertiary alicyclic amines) is 1. The largest absolute Gasteiger partial charge is 0.411 e. The number of hydrogen-bond donors (Lipinski definition) is 1. The van der Waals surface area contributed by atoms with Gasteiger partial charge in [-0.25, -0.2) is 19.3 Å². The van der Waals surface area contributed by atoms with Crippen molar-refractivity contribution in [3.63, 3.8) is 0 Å². The smallest absolute Gasteiger partial charge is 0.192 e. The summed E-state index contributed by atoms with van der Waals surface area (Å²) >= 11 is 1.55. The van der Waals surface area contributed by atoms with Gasteiger partial charge in [-0.2, -0.15) is 15.5 Å². The molecule has 1 aliphatic heterocycles.